The molecule has 0 aromatic heterocycles. The van der Waals surface area contributed by atoms with Crippen LogP contribution in [0.15, 0.2) is 0 Å². The van der Waals surface area contributed by atoms with Gasteiger partial charge in [-0.15, -0.1) is 0 Å². The molecule has 3 unspecified atom stereocenters. The maximum Gasteiger partial charge on any atom is 0.472 e. The van der Waals surface area contributed by atoms with Crippen molar-refractivity contribution in [3.63, 3.8) is 0 Å². The fourth-order valence-electron chi connectivity index (χ4n) is 14.9. The average molecular weight is 1650 g/mol. The third-order valence-electron chi connectivity index (χ3n) is 22.6. The molecular formula is C94H184O17P2. The number of unbranched alkanes of at least 4 members (excludes halogenated alkanes) is 65. The van der Waals surface area contributed by atoms with Crippen LogP contribution in [0.25, 0.3) is 0 Å². The van der Waals surface area contributed by atoms with Gasteiger partial charge in [-0.2, -0.15) is 0 Å². The highest BCUT2D eigenvalue weighted by atomic mass is 31.2. The van der Waals surface area contributed by atoms with Gasteiger partial charge >= 0.3 is 39.5 Å². The molecule has 0 spiro atoms. The van der Waals surface area contributed by atoms with Gasteiger partial charge in [0.2, 0.25) is 0 Å². The Kier molecular flexibility index (Phi) is 85.0. The molecule has 0 bridgehead atoms. The first kappa shape index (κ1) is 111. The van der Waals surface area contributed by atoms with Gasteiger partial charge in [-0.3, -0.25) is 37.3 Å². The number of ether oxygens (including phenoxy) is 4. The van der Waals surface area contributed by atoms with Crippen LogP contribution in [0.2, 0.25) is 0 Å². The van der Waals surface area contributed by atoms with Crippen LogP contribution in [-0.2, 0) is 65.4 Å². The Morgan fingerprint density at radius 1 is 0.248 bits per heavy atom. The van der Waals surface area contributed by atoms with Crippen molar-refractivity contribution in [3.8, 4) is 0 Å². The third kappa shape index (κ3) is 86.3. The van der Waals surface area contributed by atoms with Gasteiger partial charge in [-0.1, -0.05) is 465 Å². The first-order chi connectivity index (χ1) is 55.1. The quantitative estimate of drug-likeness (QED) is 0.0222. The van der Waals surface area contributed by atoms with E-state index in [1.54, 1.807) is 0 Å². The topological polar surface area (TPSA) is 237 Å². The summed E-state index contributed by atoms with van der Waals surface area (Å²) in [6, 6.07) is 0. The maximum absolute atomic E-state index is 13.2. The van der Waals surface area contributed by atoms with Crippen molar-refractivity contribution in [3.05, 3.63) is 0 Å². The lowest BCUT2D eigenvalue weighted by atomic mass is 9.99. The van der Waals surface area contributed by atoms with Gasteiger partial charge < -0.3 is 33.8 Å². The zero-order valence-electron chi connectivity index (χ0n) is 74.5. The van der Waals surface area contributed by atoms with E-state index < -0.39 is 97.5 Å². The number of hydrogen-bond acceptors (Lipinski definition) is 15. The highest BCUT2D eigenvalue weighted by Crippen LogP contribution is 2.45. The largest absolute Gasteiger partial charge is 0.472 e. The number of carbonyl (C=O) groups is 4. The predicted octanol–water partition coefficient (Wildman–Crippen LogP) is 29.5. The number of phosphoric ester groups is 2. The van der Waals surface area contributed by atoms with E-state index in [0.717, 1.165) is 95.8 Å². The van der Waals surface area contributed by atoms with Crippen molar-refractivity contribution < 1.29 is 80.2 Å². The molecule has 0 aliphatic rings. The molecule has 0 amide bonds. The molecule has 17 nitrogen and oxygen atoms in total. The predicted molar refractivity (Wildman–Crippen MR) is 469 cm³/mol. The molecule has 0 fully saturated rings. The molecule has 0 saturated heterocycles. The zero-order chi connectivity index (χ0) is 82.6. The third-order valence-corrected chi connectivity index (χ3v) is 24.5. The molecule has 0 saturated carbocycles. The minimum atomic E-state index is -4.97. The molecule has 0 radical (unpaired) electrons. The summed E-state index contributed by atoms with van der Waals surface area (Å²) >= 11 is 0. The molecule has 0 aliphatic carbocycles. The standard InChI is InChI=1S/C94H184O17P2/c1-6-10-13-16-19-22-25-28-31-34-37-40-43-46-49-52-55-58-65-70-74-79-93(98)110-89(83-104-91(96)77-72-67-62-56-53-50-47-44-41-38-35-32-29-26-23-20-17-14-11-7-2)85-108-112(100,101)106-81-88(95)82-107-113(102,103)109-86-90(84-105-92(97)78-73-68-63-60-59-61-66-71-76-87(5)9-4)111-94(99)80-75-69-64-57-54-51-48-45-42-39-36-33-30-27-24-21-18-15-12-8-3/h87-90,95H,6-86H2,1-5H3,(H,100,101)(H,102,103)/t87?,88-,89-,90-/m1/s1. The zero-order valence-corrected chi connectivity index (χ0v) is 76.3. The molecule has 0 aromatic carbocycles. The molecular weight excluding hydrogens is 1460 g/mol. The van der Waals surface area contributed by atoms with Crippen LogP contribution in [-0.4, -0.2) is 96.7 Å². The Morgan fingerprint density at radius 3 is 0.628 bits per heavy atom. The average Bonchev–Trinajstić information content (AvgIpc) is 0.900. The van der Waals surface area contributed by atoms with E-state index in [9.17, 15) is 43.2 Å². The molecule has 0 heterocycles. The number of esters is 4. The Hall–Kier alpha value is -1.94. The van der Waals surface area contributed by atoms with Crippen molar-refractivity contribution in [2.24, 2.45) is 5.92 Å². The number of carbonyl (C=O) groups excluding carboxylic acids is 4. The van der Waals surface area contributed by atoms with E-state index in [2.05, 4.69) is 34.6 Å². The summed E-state index contributed by atoms with van der Waals surface area (Å²) in [6.07, 6.45) is 83.5. The molecule has 19 heteroatoms. The summed E-state index contributed by atoms with van der Waals surface area (Å²) in [5.74, 6) is -1.31. The van der Waals surface area contributed by atoms with Gasteiger partial charge in [0.15, 0.2) is 12.2 Å². The highest BCUT2D eigenvalue weighted by Gasteiger charge is 2.31. The van der Waals surface area contributed by atoms with Gasteiger partial charge in [0.05, 0.1) is 26.4 Å². The summed E-state index contributed by atoms with van der Waals surface area (Å²) in [5.41, 5.74) is 0. The Balaban J connectivity index is 5.24. The van der Waals surface area contributed by atoms with E-state index in [1.165, 1.54) is 340 Å². The molecule has 672 valence electrons. The normalized spacial score (nSPS) is 13.9. The number of aliphatic hydroxyl groups excluding tert-OH is 1. The Morgan fingerprint density at radius 2 is 0.425 bits per heavy atom. The van der Waals surface area contributed by atoms with Crippen molar-refractivity contribution in [1.82, 2.24) is 0 Å². The van der Waals surface area contributed by atoms with Gasteiger partial charge in [0.1, 0.15) is 19.3 Å². The van der Waals surface area contributed by atoms with E-state index in [4.69, 9.17) is 37.0 Å². The minimum absolute atomic E-state index is 0.109. The lowest BCUT2D eigenvalue weighted by Gasteiger charge is -2.21. The van der Waals surface area contributed by atoms with E-state index in [1.807, 2.05) is 0 Å². The monoisotopic (exact) mass is 1650 g/mol. The van der Waals surface area contributed by atoms with Gasteiger partial charge in [0, 0.05) is 25.7 Å². The SMILES string of the molecule is CCCCCCCCCCCCCCCCCCCCCCCC(=O)O[C@H](COC(=O)CCCCCCCCCCCCCCCCCCCCCC)COP(=O)(O)OC[C@@H](O)COP(=O)(O)OC[C@@H](COC(=O)CCCCCCCCCCC(C)CC)OC(=O)CCCCCCCCCCCCCCCCCCCCCC. The van der Waals surface area contributed by atoms with Crippen molar-refractivity contribution in [2.45, 2.75) is 534 Å². The second kappa shape index (κ2) is 86.4. The second-order valence-electron chi connectivity index (χ2n) is 34.0. The molecule has 6 atom stereocenters. The number of rotatable bonds is 94. The number of phosphoric acid groups is 2. The van der Waals surface area contributed by atoms with Crippen molar-refractivity contribution in [1.29, 1.82) is 0 Å². The van der Waals surface area contributed by atoms with Crippen molar-refractivity contribution in [2.75, 3.05) is 39.6 Å². The lowest BCUT2D eigenvalue weighted by molar-refractivity contribution is -0.161. The maximum atomic E-state index is 13.2. The van der Waals surface area contributed by atoms with E-state index in [-0.39, 0.29) is 25.7 Å². The van der Waals surface area contributed by atoms with Crippen molar-refractivity contribution >= 4 is 39.5 Å². The molecule has 3 N–H and O–H groups in total. The van der Waals surface area contributed by atoms with Crippen LogP contribution in [0.4, 0.5) is 0 Å². The van der Waals surface area contributed by atoms with Crippen LogP contribution in [0, 0.1) is 5.92 Å². The summed E-state index contributed by atoms with van der Waals surface area (Å²) < 4.78 is 69.2. The van der Waals surface area contributed by atoms with Gasteiger partial charge in [0.25, 0.3) is 0 Å². The molecule has 0 rings (SSSR count). The summed E-state index contributed by atoms with van der Waals surface area (Å²) in [5, 5.41) is 10.7. The molecule has 0 aromatic rings. The lowest BCUT2D eigenvalue weighted by Crippen LogP contribution is -2.30. The first-order valence-electron chi connectivity index (χ1n) is 48.7. The Labute approximate surface area is 696 Å². The summed E-state index contributed by atoms with van der Waals surface area (Å²) in [7, 11) is -9.94. The van der Waals surface area contributed by atoms with Gasteiger partial charge in [-0.25, -0.2) is 9.13 Å². The minimum Gasteiger partial charge on any atom is -0.462 e. The van der Waals surface area contributed by atoms with Gasteiger partial charge in [-0.05, 0) is 31.6 Å². The fourth-order valence-corrected chi connectivity index (χ4v) is 16.4. The first-order valence-corrected chi connectivity index (χ1v) is 51.7. The molecule has 113 heavy (non-hydrogen) atoms. The molecule has 0 aliphatic heterocycles. The van der Waals surface area contributed by atoms with E-state index >= 15 is 0 Å². The second-order valence-corrected chi connectivity index (χ2v) is 36.9. The Bertz CT molecular complexity index is 2140. The van der Waals surface area contributed by atoms with Crippen LogP contribution < -0.4 is 0 Å². The number of hydrogen-bond donors (Lipinski definition) is 3. The van der Waals surface area contributed by atoms with Crippen LogP contribution in [0.3, 0.4) is 0 Å². The summed E-state index contributed by atoms with van der Waals surface area (Å²) in [6.45, 7) is 7.42. The van der Waals surface area contributed by atoms with E-state index in [0.29, 0.717) is 25.7 Å². The van der Waals surface area contributed by atoms with Crippen LogP contribution >= 0.6 is 15.6 Å². The van der Waals surface area contributed by atoms with Crippen LogP contribution in [0.1, 0.15) is 516 Å². The number of aliphatic hydroxyl groups is 1. The fraction of sp³-hybridized carbons (Fsp3) is 0.957. The smallest absolute Gasteiger partial charge is 0.462 e. The summed E-state index contributed by atoms with van der Waals surface area (Å²) in [4.78, 5) is 73.5. The highest BCUT2D eigenvalue weighted by molar-refractivity contribution is 7.47. The van der Waals surface area contributed by atoms with Crippen LogP contribution in [0.5, 0.6) is 0 Å².